The lowest BCUT2D eigenvalue weighted by Gasteiger charge is -2.06. The number of aromatic nitrogens is 3. The first kappa shape index (κ1) is 19.0. The maximum Gasteiger partial charge on any atom is 0.258 e. The van der Waals surface area contributed by atoms with Crippen LogP contribution in [0, 0.1) is 0 Å². The number of hydrogen-bond donors (Lipinski definition) is 4. The molecule has 0 bridgehead atoms. The van der Waals surface area contributed by atoms with Crippen LogP contribution >= 0.6 is 0 Å². The predicted molar refractivity (Wildman–Crippen MR) is 115 cm³/mol. The number of nitrogens with one attached hydrogen (secondary N) is 1. The van der Waals surface area contributed by atoms with Crippen molar-refractivity contribution in [1.82, 2.24) is 14.5 Å². The number of imidazole rings is 1. The monoisotopic (exact) mass is 402 g/mol. The Bertz CT molecular complexity index is 1320. The quantitative estimate of drug-likeness (QED) is 0.302. The predicted octanol–water partition coefficient (Wildman–Crippen LogP) is 3.09. The summed E-state index contributed by atoms with van der Waals surface area (Å²) >= 11 is 0. The molecule has 0 radical (unpaired) electrons. The lowest BCUT2D eigenvalue weighted by atomic mass is 10.0. The third kappa shape index (κ3) is 3.93. The van der Waals surface area contributed by atoms with Crippen LogP contribution in [-0.4, -0.2) is 36.1 Å². The van der Waals surface area contributed by atoms with Crippen LogP contribution in [0.25, 0.3) is 23.0 Å². The molecular formula is C22H18N4O4. The number of aliphatic imine (C=N–C) groups is 1. The second-order valence-corrected chi connectivity index (χ2v) is 6.64. The van der Waals surface area contributed by atoms with Gasteiger partial charge in [-0.1, -0.05) is 12.1 Å². The van der Waals surface area contributed by atoms with Crippen molar-refractivity contribution < 1.29 is 15.3 Å². The third-order valence-electron chi connectivity index (χ3n) is 4.56. The van der Waals surface area contributed by atoms with Crippen molar-refractivity contribution >= 4 is 29.3 Å². The molecule has 8 heteroatoms. The summed E-state index contributed by atoms with van der Waals surface area (Å²) < 4.78 is 1.79. The lowest BCUT2D eigenvalue weighted by Crippen LogP contribution is -2.08. The molecule has 2 heterocycles. The van der Waals surface area contributed by atoms with Gasteiger partial charge in [0, 0.05) is 35.6 Å². The van der Waals surface area contributed by atoms with E-state index in [0.29, 0.717) is 21.9 Å². The maximum atomic E-state index is 12.2. The van der Waals surface area contributed by atoms with E-state index in [0.717, 1.165) is 5.56 Å². The molecular weight excluding hydrogens is 384 g/mol. The van der Waals surface area contributed by atoms with Crippen LogP contribution in [0.3, 0.4) is 0 Å². The average Bonchev–Trinajstić information content (AvgIpc) is 3.25. The molecule has 0 aliphatic rings. The van der Waals surface area contributed by atoms with Crippen molar-refractivity contribution in [3.63, 3.8) is 0 Å². The number of pyridine rings is 1. The number of benzene rings is 2. The molecule has 0 unspecified atom stereocenters. The van der Waals surface area contributed by atoms with Crippen molar-refractivity contribution in [1.29, 1.82) is 0 Å². The number of H-pyrrole nitrogens is 1. The summed E-state index contributed by atoms with van der Waals surface area (Å²) in [5.41, 5.74) is 1.50. The Kier molecular flexibility index (Phi) is 5.04. The summed E-state index contributed by atoms with van der Waals surface area (Å²) in [5, 5.41) is 30.3. The standard InChI is InChI=1S/C22H18N4O4/c27-19-4-2-15(10-20(19)28)11-24-12-18-17-9-14(5-7-26-8-6-23-13-26)1-3-16(17)21(29)25-22(18)30/h1-10,12-13,27-28H,11H2,(H2,25,29,30)/b7-5+,24-12?. The number of phenols is 2. The molecule has 30 heavy (non-hydrogen) atoms. The second-order valence-electron chi connectivity index (χ2n) is 6.64. The van der Waals surface area contributed by atoms with E-state index in [9.17, 15) is 20.1 Å². The van der Waals surface area contributed by atoms with Gasteiger partial charge in [0.15, 0.2) is 11.5 Å². The highest BCUT2D eigenvalue weighted by atomic mass is 16.3. The molecule has 4 aromatic rings. The molecule has 0 spiro atoms. The van der Waals surface area contributed by atoms with Gasteiger partial charge in [-0.2, -0.15) is 0 Å². The van der Waals surface area contributed by atoms with Crippen LogP contribution in [0.1, 0.15) is 16.7 Å². The lowest BCUT2D eigenvalue weighted by molar-refractivity contribution is 0.403. The van der Waals surface area contributed by atoms with Crippen molar-refractivity contribution in [2.45, 2.75) is 6.54 Å². The van der Waals surface area contributed by atoms with Crippen LogP contribution in [0.2, 0.25) is 0 Å². The Morgan fingerprint density at radius 1 is 1.07 bits per heavy atom. The number of rotatable bonds is 5. The molecule has 4 rings (SSSR count). The Labute approximate surface area is 170 Å². The summed E-state index contributed by atoms with van der Waals surface area (Å²) in [6.07, 6.45) is 10.3. The fourth-order valence-corrected chi connectivity index (χ4v) is 3.03. The van der Waals surface area contributed by atoms with E-state index in [4.69, 9.17) is 0 Å². The number of aromatic amines is 1. The first-order valence-electron chi connectivity index (χ1n) is 9.06. The van der Waals surface area contributed by atoms with Crippen LogP contribution < -0.4 is 5.56 Å². The van der Waals surface area contributed by atoms with Crippen LogP contribution in [0.4, 0.5) is 0 Å². The van der Waals surface area contributed by atoms with Crippen molar-refractivity contribution in [2.75, 3.05) is 0 Å². The Morgan fingerprint density at radius 2 is 1.93 bits per heavy atom. The highest BCUT2D eigenvalue weighted by molar-refractivity contribution is 6.02. The van der Waals surface area contributed by atoms with Crippen molar-refractivity contribution in [2.24, 2.45) is 4.99 Å². The Balaban J connectivity index is 1.69. The highest BCUT2D eigenvalue weighted by Crippen LogP contribution is 2.26. The molecule has 0 aliphatic heterocycles. The minimum atomic E-state index is -0.395. The van der Waals surface area contributed by atoms with E-state index >= 15 is 0 Å². The molecule has 2 aromatic heterocycles. The Hall–Kier alpha value is -4.33. The van der Waals surface area contributed by atoms with Gasteiger partial charge < -0.3 is 19.9 Å². The van der Waals surface area contributed by atoms with E-state index in [1.54, 1.807) is 41.5 Å². The minimum Gasteiger partial charge on any atom is -0.504 e. The minimum absolute atomic E-state index is 0.205. The van der Waals surface area contributed by atoms with Crippen molar-refractivity contribution in [3.8, 4) is 17.4 Å². The summed E-state index contributed by atoms with van der Waals surface area (Å²) in [4.78, 5) is 22.9. The second kappa shape index (κ2) is 7.96. The van der Waals surface area contributed by atoms with E-state index in [1.807, 2.05) is 18.3 Å². The number of aromatic hydroxyl groups is 3. The molecule has 4 N–H and O–H groups in total. The smallest absolute Gasteiger partial charge is 0.258 e. The van der Waals surface area contributed by atoms with Crippen LogP contribution in [-0.2, 0) is 6.54 Å². The summed E-state index contributed by atoms with van der Waals surface area (Å²) in [5.74, 6) is -0.710. The molecule has 0 atom stereocenters. The highest BCUT2D eigenvalue weighted by Gasteiger charge is 2.10. The van der Waals surface area contributed by atoms with E-state index in [1.165, 1.54) is 18.3 Å². The molecule has 2 aromatic carbocycles. The molecule has 150 valence electrons. The van der Waals surface area contributed by atoms with Gasteiger partial charge in [-0.25, -0.2) is 4.98 Å². The average molecular weight is 402 g/mol. The van der Waals surface area contributed by atoms with Gasteiger partial charge in [0.25, 0.3) is 5.56 Å². The van der Waals surface area contributed by atoms with Gasteiger partial charge in [-0.3, -0.25) is 14.8 Å². The molecule has 0 aliphatic carbocycles. The van der Waals surface area contributed by atoms with Gasteiger partial charge in [0.1, 0.15) is 0 Å². The zero-order valence-corrected chi connectivity index (χ0v) is 15.7. The van der Waals surface area contributed by atoms with Gasteiger partial charge in [-0.15, -0.1) is 0 Å². The first-order chi connectivity index (χ1) is 14.5. The fraction of sp³-hybridized carbons (Fsp3) is 0.0455. The van der Waals surface area contributed by atoms with Gasteiger partial charge in [0.05, 0.1) is 18.4 Å². The number of phenolic OH excluding ortho intramolecular Hbond substituents is 2. The zero-order valence-electron chi connectivity index (χ0n) is 15.7. The molecule has 0 amide bonds. The topological polar surface area (TPSA) is 124 Å². The molecule has 0 saturated heterocycles. The summed E-state index contributed by atoms with van der Waals surface area (Å²) in [6, 6.07) is 9.73. The zero-order chi connectivity index (χ0) is 21.1. The van der Waals surface area contributed by atoms with Crippen LogP contribution in [0.5, 0.6) is 17.4 Å². The summed E-state index contributed by atoms with van der Waals surface area (Å²) in [6.45, 7) is 0.216. The SMILES string of the molecule is O=c1[nH]c(O)c(C=NCc2ccc(O)c(O)c2)c2cc(/C=C/n3ccnc3)ccc12. The van der Waals surface area contributed by atoms with Crippen LogP contribution in [0.15, 0.2) is 64.9 Å². The molecule has 8 nitrogen and oxygen atoms in total. The van der Waals surface area contributed by atoms with Gasteiger partial charge >= 0.3 is 0 Å². The van der Waals surface area contributed by atoms with Crippen molar-refractivity contribution in [3.05, 3.63) is 82.2 Å². The largest absolute Gasteiger partial charge is 0.504 e. The summed E-state index contributed by atoms with van der Waals surface area (Å²) in [7, 11) is 0. The number of hydrogen-bond acceptors (Lipinski definition) is 6. The third-order valence-corrected chi connectivity index (χ3v) is 4.56. The number of fused-ring (bicyclic) bond motifs is 1. The number of nitrogens with zero attached hydrogens (tertiary/aromatic N) is 3. The van der Waals surface area contributed by atoms with E-state index in [-0.39, 0.29) is 23.9 Å². The maximum absolute atomic E-state index is 12.2. The molecule has 0 fully saturated rings. The fourth-order valence-electron chi connectivity index (χ4n) is 3.03. The molecule has 0 saturated carbocycles. The normalized spacial score (nSPS) is 11.7. The Morgan fingerprint density at radius 3 is 2.70 bits per heavy atom. The van der Waals surface area contributed by atoms with Gasteiger partial charge in [0.2, 0.25) is 5.88 Å². The first-order valence-corrected chi connectivity index (χ1v) is 9.06. The van der Waals surface area contributed by atoms with Gasteiger partial charge in [-0.05, 0) is 41.5 Å². The van der Waals surface area contributed by atoms with E-state index in [2.05, 4.69) is 15.0 Å². The van der Waals surface area contributed by atoms with E-state index < -0.39 is 5.56 Å².